The van der Waals surface area contributed by atoms with E-state index in [0.717, 1.165) is 55.1 Å². The third-order valence-electron chi connectivity index (χ3n) is 4.91. The molecular weight excluding hydrogens is 366 g/mol. The molecule has 2 aromatic rings. The SMILES string of the molecule is C=C/C(=N\Nc1ccc(=O)n(CCC)c1)c1cnc(NC2CCOCC2)cc1C. The van der Waals surface area contributed by atoms with Crippen molar-refractivity contribution in [3.63, 3.8) is 0 Å². The number of ether oxygens (including phenoxy) is 1. The Morgan fingerprint density at radius 2 is 2.21 bits per heavy atom. The van der Waals surface area contributed by atoms with E-state index in [9.17, 15) is 4.79 Å². The fourth-order valence-corrected chi connectivity index (χ4v) is 3.31. The Labute approximate surface area is 171 Å². The van der Waals surface area contributed by atoms with Gasteiger partial charge in [-0.2, -0.15) is 5.10 Å². The van der Waals surface area contributed by atoms with E-state index in [2.05, 4.69) is 27.4 Å². The summed E-state index contributed by atoms with van der Waals surface area (Å²) in [6.07, 6.45) is 8.17. The molecule has 1 saturated heterocycles. The Kier molecular flexibility index (Phi) is 7.19. The molecule has 1 fully saturated rings. The van der Waals surface area contributed by atoms with Crippen LogP contribution >= 0.6 is 0 Å². The first-order valence-electron chi connectivity index (χ1n) is 10.1. The van der Waals surface area contributed by atoms with Crippen molar-refractivity contribution in [2.45, 2.75) is 45.7 Å². The molecule has 3 heterocycles. The molecule has 2 N–H and O–H groups in total. The van der Waals surface area contributed by atoms with Gasteiger partial charge in [0, 0.05) is 49.8 Å². The highest BCUT2D eigenvalue weighted by Gasteiger charge is 2.14. The highest BCUT2D eigenvalue weighted by molar-refractivity contribution is 6.09. The number of hydrogen-bond acceptors (Lipinski definition) is 6. The number of hydrogen-bond donors (Lipinski definition) is 2. The maximum Gasteiger partial charge on any atom is 0.250 e. The maximum atomic E-state index is 11.9. The Morgan fingerprint density at radius 3 is 2.90 bits per heavy atom. The molecule has 0 amide bonds. The minimum absolute atomic E-state index is 0.0158. The molecule has 0 bridgehead atoms. The van der Waals surface area contributed by atoms with Gasteiger partial charge in [-0.1, -0.05) is 13.5 Å². The zero-order chi connectivity index (χ0) is 20.6. The molecule has 1 aliphatic rings. The lowest BCUT2D eigenvalue weighted by Gasteiger charge is -2.23. The number of rotatable bonds is 8. The van der Waals surface area contributed by atoms with Crippen LogP contribution in [0.25, 0.3) is 0 Å². The lowest BCUT2D eigenvalue weighted by molar-refractivity contribution is 0.0904. The summed E-state index contributed by atoms with van der Waals surface area (Å²) < 4.78 is 7.08. The molecule has 0 spiro atoms. The van der Waals surface area contributed by atoms with Gasteiger partial charge in [-0.25, -0.2) is 4.98 Å². The van der Waals surface area contributed by atoms with Crippen LogP contribution in [0.4, 0.5) is 11.5 Å². The standard InChI is InChI=1S/C22H29N5O2/c1-4-10-27-15-18(6-7-22(27)28)25-26-20(5-2)19-14-23-21(13-16(19)3)24-17-8-11-29-12-9-17/h5-7,13-15,17,25H,2,4,8-12H2,1,3H3,(H,23,24)/b26-20+. The van der Waals surface area contributed by atoms with Crippen LogP contribution in [0.3, 0.4) is 0 Å². The summed E-state index contributed by atoms with van der Waals surface area (Å²) in [5.74, 6) is 0.862. The zero-order valence-electron chi connectivity index (χ0n) is 17.1. The minimum atomic E-state index is -0.0158. The fraction of sp³-hybridized carbons (Fsp3) is 0.409. The summed E-state index contributed by atoms with van der Waals surface area (Å²) in [6, 6.07) is 5.70. The number of hydrazone groups is 1. The van der Waals surface area contributed by atoms with Crippen molar-refractivity contribution in [2.24, 2.45) is 5.10 Å². The first-order valence-corrected chi connectivity index (χ1v) is 10.1. The molecule has 0 radical (unpaired) electrons. The number of anilines is 2. The van der Waals surface area contributed by atoms with Crippen LogP contribution in [0.1, 0.15) is 37.3 Å². The molecule has 0 saturated carbocycles. The number of pyridine rings is 2. The second-order valence-electron chi connectivity index (χ2n) is 7.18. The number of aryl methyl sites for hydroxylation is 2. The van der Waals surface area contributed by atoms with Gasteiger partial charge in [0.1, 0.15) is 5.82 Å². The van der Waals surface area contributed by atoms with E-state index >= 15 is 0 Å². The molecule has 0 unspecified atom stereocenters. The van der Waals surface area contributed by atoms with E-state index < -0.39 is 0 Å². The first kappa shape index (κ1) is 20.8. The fourth-order valence-electron chi connectivity index (χ4n) is 3.31. The monoisotopic (exact) mass is 395 g/mol. The summed E-state index contributed by atoms with van der Waals surface area (Å²) in [7, 11) is 0. The van der Waals surface area contributed by atoms with Gasteiger partial charge in [0.15, 0.2) is 0 Å². The van der Waals surface area contributed by atoms with Crippen LogP contribution in [0.5, 0.6) is 0 Å². The molecule has 0 atom stereocenters. The number of nitrogens with one attached hydrogen (secondary N) is 2. The van der Waals surface area contributed by atoms with E-state index in [1.807, 2.05) is 26.1 Å². The summed E-state index contributed by atoms with van der Waals surface area (Å²) in [6.45, 7) is 10.2. The second-order valence-corrected chi connectivity index (χ2v) is 7.18. The van der Waals surface area contributed by atoms with Crippen molar-refractivity contribution in [2.75, 3.05) is 24.0 Å². The van der Waals surface area contributed by atoms with Crippen molar-refractivity contribution in [3.05, 3.63) is 64.7 Å². The Hall–Kier alpha value is -2.93. The predicted octanol–water partition coefficient (Wildman–Crippen LogP) is 3.55. The van der Waals surface area contributed by atoms with Crippen LogP contribution < -0.4 is 16.3 Å². The largest absolute Gasteiger partial charge is 0.381 e. The quantitative estimate of drug-likeness (QED) is 0.528. The van der Waals surface area contributed by atoms with E-state index in [0.29, 0.717) is 18.3 Å². The average Bonchev–Trinajstić information content (AvgIpc) is 2.73. The Bertz CT molecular complexity index is 929. The number of nitrogens with zero attached hydrogens (tertiary/aromatic N) is 3. The number of aromatic nitrogens is 2. The highest BCUT2D eigenvalue weighted by Crippen LogP contribution is 2.17. The van der Waals surface area contributed by atoms with Crippen LogP contribution in [0.2, 0.25) is 0 Å². The van der Waals surface area contributed by atoms with Gasteiger partial charge in [0.05, 0.1) is 11.4 Å². The Morgan fingerprint density at radius 1 is 1.41 bits per heavy atom. The smallest absolute Gasteiger partial charge is 0.250 e. The maximum absolute atomic E-state index is 11.9. The van der Waals surface area contributed by atoms with Gasteiger partial charge in [0.25, 0.3) is 5.56 Å². The topological polar surface area (TPSA) is 80.5 Å². The lowest BCUT2D eigenvalue weighted by atomic mass is 10.1. The molecule has 0 aliphatic carbocycles. The van der Waals surface area contributed by atoms with E-state index in [-0.39, 0.29) is 5.56 Å². The first-order chi connectivity index (χ1) is 14.1. The normalized spacial score (nSPS) is 15.2. The van der Waals surface area contributed by atoms with Crippen molar-refractivity contribution >= 4 is 17.2 Å². The van der Waals surface area contributed by atoms with Crippen LogP contribution in [-0.2, 0) is 11.3 Å². The minimum Gasteiger partial charge on any atom is -0.381 e. The van der Waals surface area contributed by atoms with Crippen molar-refractivity contribution in [3.8, 4) is 0 Å². The molecular formula is C22H29N5O2. The van der Waals surface area contributed by atoms with E-state index in [4.69, 9.17) is 4.74 Å². The molecule has 29 heavy (non-hydrogen) atoms. The van der Waals surface area contributed by atoms with Gasteiger partial charge in [-0.05, 0) is 50.0 Å². The molecule has 154 valence electrons. The predicted molar refractivity (Wildman–Crippen MR) is 118 cm³/mol. The third kappa shape index (κ3) is 5.54. The molecule has 1 aliphatic heterocycles. The number of allylic oxidation sites excluding steroid dienone is 1. The summed E-state index contributed by atoms with van der Waals surface area (Å²) in [5.41, 5.74) is 6.43. The van der Waals surface area contributed by atoms with Crippen LogP contribution in [0, 0.1) is 6.92 Å². The van der Waals surface area contributed by atoms with Crippen molar-refractivity contribution in [1.82, 2.24) is 9.55 Å². The van der Waals surface area contributed by atoms with Gasteiger partial charge < -0.3 is 14.6 Å². The van der Waals surface area contributed by atoms with Crippen molar-refractivity contribution in [1.29, 1.82) is 0 Å². The molecule has 2 aromatic heterocycles. The van der Waals surface area contributed by atoms with Gasteiger partial charge in [0.2, 0.25) is 0 Å². The Balaban J connectivity index is 1.74. The van der Waals surface area contributed by atoms with Crippen LogP contribution in [-0.4, -0.2) is 34.5 Å². The van der Waals surface area contributed by atoms with Gasteiger partial charge in [-0.3, -0.25) is 10.2 Å². The summed E-state index contributed by atoms with van der Waals surface area (Å²) in [5, 5.41) is 7.96. The highest BCUT2D eigenvalue weighted by atomic mass is 16.5. The molecule has 7 heteroatoms. The van der Waals surface area contributed by atoms with Gasteiger partial charge >= 0.3 is 0 Å². The zero-order valence-corrected chi connectivity index (χ0v) is 17.1. The molecule has 7 nitrogen and oxygen atoms in total. The lowest BCUT2D eigenvalue weighted by Crippen LogP contribution is -2.28. The molecule has 0 aromatic carbocycles. The van der Waals surface area contributed by atoms with Crippen molar-refractivity contribution < 1.29 is 4.74 Å². The second kappa shape index (κ2) is 10.0. The van der Waals surface area contributed by atoms with E-state index in [1.165, 1.54) is 0 Å². The summed E-state index contributed by atoms with van der Waals surface area (Å²) >= 11 is 0. The molecule has 3 rings (SSSR count). The third-order valence-corrected chi connectivity index (χ3v) is 4.91. The average molecular weight is 396 g/mol. The van der Waals surface area contributed by atoms with Crippen LogP contribution in [0.15, 0.2) is 53.1 Å². The van der Waals surface area contributed by atoms with E-state index in [1.54, 1.807) is 29.0 Å². The summed E-state index contributed by atoms with van der Waals surface area (Å²) in [4.78, 5) is 16.4. The van der Waals surface area contributed by atoms with Gasteiger partial charge in [-0.15, -0.1) is 0 Å².